The Balaban J connectivity index is 3.06. The molecule has 1 aliphatic rings. The fourth-order valence-electron chi connectivity index (χ4n) is 2.96. The van der Waals surface area contributed by atoms with Crippen molar-refractivity contribution >= 4 is 22.6 Å². The van der Waals surface area contributed by atoms with E-state index in [1.807, 2.05) is 6.92 Å². The highest BCUT2D eigenvalue weighted by atomic mass is 28.4. The molecule has 0 heterocycles. The fraction of sp³-hybridized carbons (Fsp3) is 0.864. The van der Waals surface area contributed by atoms with Crippen LogP contribution in [-0.2, 0) is 18.4 Å². The molecule has 28 heavy (non-hydrogen) atoms. The highest BCUT2D eigenvalue weighted by Crippen LogP contribution is 2.42. The van der Waals surface area contributed by atoms with Crippen molar-refractivity contribution in [2.24, 2.45) is 0 Å². The number of rotatable bonds is 6. The molecule has 6 heteroatoms. The molecule has 1 rings (SSSR count). The summed E-state index contributed by atoms with van der Waals surface area (Å²) in [4.78, 5) is 12.1. The van der Waals surface area contributed by atoms with Crippen LogP contribution in [0.25, 0.3) is 0 Å². The Labute approximate surface area is 175 Å². The zero-order valence-corrected chi connectivity index (χ0v) is 22.2. The summed E-state index contributed by atoms with van der Waals surface area (Å²) in [6.45, 7) is 25.0. The van der Waals surface area contributed by atoms with Crippen molar-refractivity contribution in [3.05, 3.63) is 11.6 Å². The van der Waals surface area contributed by atoms with Gasteiger partial charge in [-0.3, -0.25) is 0 Å². The minimum atomic E-state index is -1.89. The van der Waals surface area contributed by atoms with Gasteiger partial charge in [-0.05, 0) is 62.5 Å². The van der Waals surface area contributed by atoms with Gasteiger partial charge in [-0.25, -0.2) is 4.79 Å². The van der Waals surface area contributed by atoms with Gasteiger partial charge >= 0.3 is 5.97 Å². The molecule has 2 atom stereocenters. The average Bonchev–Trinajstić information content (AvgIpc) is 2.43. The van der Waals surface area contributed by atoms with E-state index >= 15 is 0 Å². The largest absolute Gasteiger partial charge is 0.463 e. The molecule has 0 spiro atoms. The Kier molecular flexibility index (Phi) is 8.36. The molecule has 0 saturated heterocycles. The van der Waals surface area contributed by atoms with Gasteiger partial charge in [-0.15, -0.1) is 0 Å². The maximum absolute atomic E-state index is 12.1. The van der Waals surface area contributed by atoms with Crippen molar-refractivity contribution in [2.75, 3.05) is 6.61 Å². The van der Waals surface area contributed by atoms with Gasteiger partial charge in [0.05, 0.1) is 18.8 Å². The van der Waals surface area contributed by atoms with Crippen molar-refractivity contribution in [3.63, 3.8) is 0 Å². The molecule has 0 amide bonds. The third-order valence-corrected chi connectivity index (χ3v) is 15.7. The molecular weight excluding hydrogens is 384 g/mol. The first kappa shape index (κ1) is 25.6. The van der Waals surface area contributed by atoms with Crippen LogP contribution in [0.2, 0.25) is 36.3 Å². The normalized spacial score (nSPS) is 22.2. The number of hydrogen-bond acceptors (Lipinski definition) is 4. The maximum Gasteiger partial charge on any atom is 0.330 e. The van der Waals surface area contributed by atoms with E-state index in [-0.39, 0.29) is 28.3 Å². The third-order valence-electron chi connectivity index (χ3n) is 6.65. The van der Waals surface area contributed by atoms with Crippen molar-refractivity contribution in [1.82, 2.24) is 0 Å². The summed E-state index contributed by atoms with van der Waals surface area (Å²) in [7, 11) is -3.78. The summed E-state index contributed by atoms with van der Waals surface area (Å²) in [6, 6.07) is 0. The second-order valence-corrected chi connectivity index (χ2v) is 20.7. The predicted molar refractivity (Wildman–Crippen MR) is 123 cm³/mol. The highest BCUT2D eigenvalue weighted by Gasteiger charge is 2.43. The molecule has 0 radical (unpaired) electrons. The minimum Gasteiger partial charge on any atom is -0.463 e. The molecule has 0 bridgehead atoms. The van der Waals surface area contributed by atoms with Gasteiger partial charge in [0.25, 0.3) is 0 Å². The Hall–Kier alpha value is -0.436. The summed E-state index contributed by atoms with van der Waals surface area (Å²) in [5, 5.41) is 0.316. The Morgan fingerprint density at radius 1 is 0.929 bits per heavy atom. The lowest BCUT2D eigenvalue weighted by Gasteiger charge is -2.45. The first-order chi connectivity index (χ1) is 12.5. The first-order valence-corrected chi connectivity index (χ1v) is 16.5. The third kappa shape index (κ3) is 7.11. The summed E-state index contributed by atoms with van der Waals surface area (Å²) in [5.74, 6) is -0.253. The summed E-state index contributed by atoms with van der Waals surface area (Å²) >= 11 is 0. The van der Waals surface area contributed by atoms with Crippen LogP contribution in [-0.4, -0.2) is 41.4 Å². The number of carbonyl (C=O) groups is 1. The second kappa shape index (κ2) is 9.15. The van der Waals surface area contributed by atoms with Crippen molar-refractivity contribution in [3.8, 4) is 0 Å². The first-order valence-electron chi connectivity index (χ1n) is 10.7. The molecule has 1 fully saturated rings. The van der Waals surface area contributed by atoms with Crippen LogP contribution in [0.4, 0.5) is 0 Å². The predicted octanol–water partition coefficient (Wildman–Crippen LogP) is 6.44. The molecule has 0 aromatic carbocycles. The van der Waals surface area contributed by atoms with Crippen LogP contribution in [0.3, 0.4) is 0 Å². The molecule has 0 aromatic rings. The second-order valence-electron chi connectivity index (χ2n) is 11.2. The summed E-state index contributed by atoms with van der Waals surface area (Å²) in [5.41, 5.74) is 1.09. The maximum atomic E-state index is 12.1. The molecule has 164 valence electrons. The summed E-state index contributed by atoms with van der Waals surface area (Å²) in [6.07, 6.45) is 4.37. The van der Waals surface area contributed by atoms with E-state index in [9.17, 15) is 4.79 Å². The van der Waals surface area contributed by atoms with Crippen LogP contribution in [0.15, 0.2) is 11.6 Å². The van der Waals surface area contributed by atoms with E-state index in [0.717, 1.165) is 24.8 Å². The van der Waals surface area contributed by atoms with Crippen LogP contribution < -0.4 is 0 Å². The molecule has 0 aromatic heterocycles. The lowest BCUT2D eigenvalue weighted by molar-refractivity contribution is -0.137. The molecule has 0 N–H and O–H groups in total. The molecule has 1 aliphatic carbocycles. The average molecular weight is 429 g/mol. The van der Waals surface area contributed by atoms with E-state index in [2.05, 4.69) is 67.7 Å². The van der Waals surface area contributed by atoms with Gasteiger partial charge in [0.1, 0.15) is 0 Å². The lowest BCUT2D eigenvalue weighted by Crippen LogP contribution is -2.49. The molecule has 4 nitrogen and oxygen atoms in total. The van der Waals surface area contributed by atoms with Crippen molar-refractivity contribution < 1.29 is 18.4 Å². The number of ether oxygens (including phenoxy) is 1. The minimum absolute atomic E-state index is 0.102. The van der Waals surface area contributed by atoms with Crippen LogP contribution >= 0.6 is 0 Å². The van der Waals surface area contributed by atoms with Crippen molar-refractivity contribution in [2.45, 2.75) is 116 Å². The van der Waals surface area contributed by atoms with E-state index in [4.69, 9.17) is 13.6 Å². The SMILES string of the molecule is CCOC(=O)C=C1CC(O[Si](C)(C)C(C)(C)C)CC(O[Si](C)(C)C(C)(C)C)C1. The van der Waals surface area contributed by atoms with Gasteiger partial charge < -0.3 is 13.6 Å². The lowest BCUT2D eigenvalue weighted by atomic mass is 9.90. The van der Waals surface area contributed by atoms with Gasteiger partial charge in [0.2, 0.25) is 0 Å². The Morgan fingerprint density at radius 2 is 1.32 bits per heavy atom. The van der Waals surface area contributed by atoms with Crippen molar-refractivity contribution in [1.29, 1.82) is 0 Å². The number of hydrogen-bond donors (Lipinski definition) is 0. The standard InChI is InChI=1S/C22H44O4Si2/c1-12-24-20(23)15-17-13-18(25-27(8,9)21(2,3)4)16-19(14-17)26-28(10,11)22(5,6)7/h15,18-19H,12-14,16H2,1-11H3. The topological polar surface area (TPSA) is 44.8 Å². The van der Waals surface area contributed by atoms with E-state index in [0.29, 0.717) is 6.61 Å². The zero-order valence-electron chi connectivity index (χ0n) is 20.2. The number of esters is 1. The van der Waals surface area contributed by atoms with E-state index in [1.54, 1.807) is 6.08 Å². The Morgan fingerprint density at radius 3 is 1.64 bits per heavy atom. The highest BCUT2D eigenvalue weighted by molar-refractivity contribution is 6.74. The quantitative estimate of drug-likeness (QED) is 0.277. The summed E-state index contributed by atoms with van der Waals surface area (Å²) < 4.78 is 18.6. The van der Waals surface area contributed by atoms with E-state index < -0.39 is 16.6 Å². The van der Waals surface area contributed by atoms with Crippen LogP contribution in [0.5, 0.6) is 0 Å². The fourth-order valence-corrected chi connectivity index (χ4v) is 5.70. The monoisotopic (exact) mass is 428 g/mol. The van der Waals surface area contributed by atoms with E-state index in [1.165, 1.54) is 0 Å². The number of carbonyl (C=O) groups excluding carboxylic acids is 1. The zero-order chi connectivity index (χ0) is 22.0. The van der Waals surface area contributed by atoms with Crippen LogP contribution in [0.1, 0.15) is 67.7 Å². The smallest absolute Gasteiger partial charge is 0.330 e. The molecule has 1 saturated carbocycles. The van der Waals surface area contributed by atoms with Crippen LogP contribution in [0, 0.1) is 0 Å². The Bertz CT molecular complexity index is 530. The molecule has 2 unspecified atom stereocenters. The molecular formula is C22H44O4Si2. The van der Waals surface area contributed by atoms with Gasteiger partial charge in [0.15, 0.2) is 16.6 Å². The van der Waals surface area contributed by atoms with Gasteiger partial charge in [-0.2, -0.15) is 0 Å². The van der Waals surface area contributed by atoms with Gasteiger partial charge in [-0.1, -0.05) is 47.1 Å². The molecule has 0 aliphatic heterocycles. The van der Waals surface area contributed by atoms with Gasteiger partial charge in [0, 0.05) is 6.08 Å².